The van der Waals surface area contributed by atoms with E-state index in [-0.39, 0.29) is 37.0 Å². The number of para-hydroxylation sites is 8. The first-order valence-corrected chi connectivity index (χ1v) is 33.1. The lowest BCUT2D eigenvalue weighted by molar-refractivity contribution is 0.709. The van der Waals surface area contributed by atoms with E-state index in [9.17, 15) is 0 Å². The second-order valence-corrected chi connectivity index (χ2v) is 25.9. The number of aromatic nitrogens is 9. The average molecular weight is 1280 g/mol. The zero-order valence-corrected chi connectivity index (χ0v) is 58.3. The SMILES string of the molecule is Cc1c(N2c3ccccc3N(C)[C@H]2C)nc(-c2ccccc2)nc1N1c2ccccc2N(C)[C@@H]1C.Cc1nc(N2c3ccccc3N(C)[C@H]2C)c(C)c(N2c3ccccc3N(C)[C@@H]2C)n1.Cc1ncc2c(n1)N(c1cncc(N3c4nc(C)ncc4N(C)[C@@H]3C)c1C)[C@H](C)N2C. The van der Waals surface area contributed by atoms with Gasteiger partial charge in [0, 0.05) is 59.0 Å². The quantitative estimate of drug-likeness (QED) is 0.148. The third-order valence-electron chi connectivity index (χ3n) is 20.6. The van der Waals surface area contributed by atoms with E-state index in [2.05, 4.69) is 288 Å². The van der Waals surface area contributed by atoms with Crippen molar-refractivity contribution >= 4 is 103 Å². The summed E-state index contributed by atoms with van der Waals surface area (Å²) in [6, 6.07) is 44.4. The molecule has 0 saturated heterocycles. The van der Waals surface area contributed by atoms with Crippen LogP contribution in [-0.2, 0) is 0 Å². The molecule has 490 valence electrons. The molecule has 5 aromatic carbocycles. The highest BCUT2D eigenvalue weighted by atomic mass is 15.5. The van der Waals surface area contributed by atoms with Gasteiger partial charge < -0.3 is 58.8 Å². The molecule has 5 aromatic heterocycles. The fourth-order valence-electron chi connectivity index (χ4n) is 14.6. The minimum absolute atomic E-state index is 0.0948. The monoisotopic (exact) mass is 1280 g/mol. The molecule has 6 atom stereocenters. The zero-order chi connectivity index (χ0) is 67.4. The van der Waals surface area contributed by atoms with Gasteiger partial charge in [-0.05, 0) is 137 Å². The van der Waals surface area contributed by atoms with Gasteiger partial charge in [0.2, 0.25) is 0 Å². The lowest BCUT2D eigenvalue weighted by atomic mass is 10.1. The molecule has 21 heteroatoms. The number of hydrogen-bond acceptors (Lipinski definition) is 21. The van der Waals surface area contributed by atoms with Crippen LogP contribution in [-0.4, -0.2) is 124 Å². The van der Waals surface area contributed by atoms with Gasteiger partial charge in [0.25, 0.3) is 0 Å². The van der Waals surface area contributed by atoms with E-state index in [0.29, 0.717) is 0 Å². The second-order valence-electron chi connectivity index (χ2n) is 25.9. The van der Waals surface area contributed by atoms with Gasteiger partial charge >= 0.3 is 0 Å². The lowest BCUT2D eigenvalue weighted by Crippen LogP contribution is -2.38. The standard InChI is InChI=1S/C29H30N6.C24H28N6.C22H27N9/c1-19-28(34-20(2)32(4)23-15-9-11-17-25(23)34)30-27(22-13-7-6-8-14-22)31-29(19)35-21(3)33(5)24-16-10-12-18-26(24)35;1-15-23(29-17(3)27(5)19-11-7-9-13-21(19)29)25-16(2)26-24(15)30-18(4)28(6)20-12-8-10-14-22(20)30;1-12-17(30-15(4)28(6)19-10-24-13(2)26-21(19)30)8-23-9-18(12)31-16(5)29(7)20-11-25-14(3)27-22(20)31/h6-18,20-21H,1-5H3;7-14,17-18H,1-6H3;8-11,15-16H,1-7H3/t20-,21+;17-,18+;15-,16+. The molecule has 0 saturated carbocycles. The molecule has 21 nitrogen and oxygen atoms in total. The van der Waals surface area contributed by atoms with E-state index < -0.39 is 0 Å². The first-order chi connectivity index (χ1) is 46.2. The molecule has 0 spiro atoms. The summed E-state index contributed by atoms with van der Waals surface area (Å²) in [7, 11) is 12.7. The third kappa shape index (κ3) is 9.98. The Hall–Kier alpha value is -10.8. The Bertz CT molecular complexity index is 4360. The summed E-state index contributed by atoms with van der Waals surface area (Å²) in [4.78, 5) is 70.6. The van der Waals surface area contributed by atoms with Crippen LogP contribution in [0.15, 0.2) is 152 Å². The Morgan fingerprint density at radius 2 is 0.510 bits per heavy atom. The van der Waals surface area contributed by atoms with Crippen LogP contribution in [0, 0.1) is 41.5 Å². The number of pyridine rings is 1. The molecule has 96 heavy (non-hydrogen) atoms. The summed E-state index contributed by atoms with van der Waals surface area (Å²) in [5.74, 6) is 8.68. The van der Waals surface area contributed by atoms with Crippen LogP contribution in [0.25, 0.3) is 11.4 Å². The first-order valence-electron chi connectivity index (χ1n) is 33.1. The number of benzene rings is 5. The van der Waals surface area contributed by atoms with Crippen molar-refractivity contribution in [3.05, 3.63) is 186 Å². The van der Waals surface area contributed by atoms with Crippen molar-refractivity contribution in [2.75, 3.05) is 101 Å². The molecule has 0 aliphatic carbocycles. The summed E-state index contributed by atoms with van der Waals surface area (Å²) in [6.07, 6.45) is 8.44. The van der Waals surface area contributed by atoms with Crippen molar-refractivity contribution in [2.45, 2.75) is 120 Å². The molecule has 16 rings (SSSR count). The van der Waals surface area contributed by atoms with Gasteiger partial charge in [-0.15, -0.1) is 0 Å². The Balaban J connectivity index is 0.000000124. The van der Waals surface area contributed by atoms with Crippen LogP contribution in [0.5, 0.6) is 0 Å². The number of hydrogen-bond donors (Lipinski definition) is 0. The van der Waals surface area contributed by atoms with Crippen LogP contribution in [0.2, 0.25) is 0 Å². The molecular weight excluding hydrogens is 1190 g/mol. The third-order valence-corrected chi connectivity index (χ3v) is 20.6. The molecule has 0 bridgehead atoms. The topological polar surface area (TPSA) is 155 Å². The highest BCUT2D eigenvalue weighted by Gasteiger charge is 2.42. The van der Waals surface area contributed by atoms with Crippen LogP contribution in [0.3, 0.4) is 0 Å². The van der Waals surface area contributed by atoms with Gasteiger partial charge in [-0.3, -0.25) is 4.98 Å². The van der Waals surface area contributed by atoms with Crippen molar-refractivity contribution in [1.29, 1.82) is 0 Å². The fourth-order valence-corrected chi connectivity index (χ4v) is 14.6. The zero-order valence-electron chi connectivity index (χ0n) is 58.3. The molecule has 6 aliphatic rings. The van der Waals surface area contributed by atoms with Gasteiger partial charge in [-0.25, -0.2) is 39.9 Å². The Labute approximate surface area is 564 Å². The van der Waals surface area contributed by atoms with Gasteiger partial charge in [-0.2, -0.15) is 0 Å². The highest BCUT2D eigenvalue weighted by Crippen LogP contribution is 2.52. The second kappa shape index (κ2) is 24.2. The van der Waals surface area contributed by atoms with Crippen LogP contribution < -0.4 is 58.8 Å². The summed E-state index contributed by atoms with van der Waals surface area (Å²) in [6.45, 7) is 25.5. The molecule has 0 fully saturated rings. The molecule has 0 amide bonds. The predicted octanol–water partition coefficient (Wildman–Crippen LogP) is 14.7. The summed E-state index contributed by atoms with van der Waals surface area (Å²) in [5, 5.41) is 0. The predicted molar refractivity (Wildman–Crippen MR) is 392 cm³/mol. The van der Waals surface area contributed by atoms with Crippen molar-refractivity contribution in [1.82, 2.24) is 44.9 Å². The number of fused-ring (bicyclic) bond motifs is 6. The van der Waals surface area contributed by atoms with Gasteiger partial charge in [-0.1, -0.05) is 78.9 Å². The molecular formula is C75H85N21. The number of anilines is 18. The number of rotatable bonds is 7. The van der Waals surface area contributed by atoms with Crippen molar-refractivity contribution < 1.29 is 0 Å². The van der Waals surface area contributed by atoms with E-state index in [4.69, 9.17) is 29.9 Å². The number of nitrogens with zero attached hydrogens (tertiary/aromatic N) is 21. The maximum Gasteiger partial charge on any atom is 0.163 e. The summed E-state index contributed by atoms with van der Waals surface area (Å²) in [5.41, 5.74) is 18.0. The normalized spacial score (nSPS) is 19.5. The van der Waals surface area contributed by atoms with Gasteiger partial charge in [0.15, 0.2) is 17.5 Å². The van der Waals surface area contributed by atoms with E-state index in [1.54, 1.807) is 0 Å². The largest absolute Gasteiger partial charge is 0.352 e. The smallest absolute Gasteiger partial charge is 0.163 e. The Morgan fingerprint density at radius 1 is 0.250 bits per heavy atom. The molecule has 10 aromatic rings. The fraction of sp³-hybridized carbons (Fsp3) is 0.320. The van der Waals surface area contributed by atoms with E-state index in [1.807, 2.05) is 63.8 Å². The Kier molecular flexibility index (Phi) is 15.8. The van der Waals surface area contributed by atoms with E-state index in [0.717, 1.165) is 103 Å². The summed E-state index contributed by atoms with van der Waals surface area (Å²) >= 11 is 0. The minimum Gasteiger partial charge on any atom is -0.352 e. The van der Waals surface area contributed by atoms with E-state index in [1.165, 1.54) is 45.5 Å². The Morgan fingerprint density at radius 3 is 0.833 bits per heavy atom. The van der Waals surface area contributed by atoms with Crippen LogP contribution >= 0.6 is 0 Å². The van der Waals surface area contributed by atoms with Crippen molar-refractivity contribution in [2.24, 2.45) is 0 Å². The average Bonchev–Trinajstić information content (AvgIpc) is 1.54. The molecule has 6 aliphatic heterocycles. The van der Waals surface area contributed by atoms with Crippen molar-refractivity contribution in [3.63, 3.8) is 0 Å². The van der Waals surface area contributed by atoms with Crippen molar-refractivity contribution in [3.8, 4) is 11.4 Å². The molecule has 0 N–H and O–H groups in total. The maximum atomic E-state index is 5.19. The van der Waals surface area contributed by atoms with Gasteiger partial charge in [0.05, 0.1) is 81.7 Å². The first kappa shape index (κ1) is 62.6. The minimum atomic E-state index is 0.0948. The maximum absolute atomic E-state index is 5.19. The molecule has 0 radical (unpaired) electrons. The lowest BCUT2D eigenvalue weighted by Gasteiger charge is -2.32. The van der Waals surface area contributed by atoms with E-state index >= 15 is 0 Å². The summed E-state index contributed by atoms with van der Waals surface area (Å²) < 4.78 is 0. The molecule has 11 heterocycles. The van der Waals surface area contributed by atoms with Crippen LogP contribution in [0.1, 0.15) is 75.7 Å². The van der Waals surface area contributed by atoms with Crippen LogP contribution in [0.4, 0.5) is 103 Å². The number of aryl methyl sites for hydroxylation is 3. The van der Waals surface area contributed by atoms with Gasteiger partial charge in [0.1, 0.15) is 89.1 Å². The highest BCUT2D eigenvalue weighted by molar-refractivity contribution is 5.91. The molecule has 0 unspecified atom stereocenters.